The van der Waals surface area contributed by atoms with Crippen molar-refractivity contribution in [2.45, 2.75) is 6.54 Å². The quantitative estimate of drug-likeness (QED) is 0.565. The molecule has 1 aliphatic heterocycles. The molecule has 1 saturated heterocycles. The summed E-state index contributed by atoms with van der Waals surface area (Å²) < 4.78 is 0. The molecule has 2 N–H and O–H groups in total. The number of piperazine rings is 1. The van der Waals surface area contributed by atoms with Gasteiger partial charge in [-0.2, -0.15) is 0 Å². The summed E-state index contributed by atoms with van der Waals surface area (Å²) in [6.45, 7) is 4.14. The molecule has 0 radical (unpaired) electrons. The van der Waals surface area contributed by atoms with E-state index in [1.165, 1.54) is 11.3 Å². The van der Waals surface area contributed by atoms with Gasteiger partial charge in [0.05, 0.1) is 16.3 Å². The molecule has 32 heavy (non-hydrogen) atoms. The lowest BCUT2D eigenvalue weighted by Crippen LogP contribution is -2.44. The fraction of sp³-hybridized carbons (Fsp3) is 0.250. The Bertz CT molecular complexity index is 1080. The minimum atomic E-state index is -0.197. The number of carbonyl (C=O) groups is 2. The first-order valence-corrected chi connectivity index (χ1v) is 11.7. The Morgan fingerprint density at radius 2 is 1.75 bits per heavy atom. The highest BCUT2D eigenvalue weighted by molar-refractivity contribution is 7.12. The third-order valence-corrected chi connectivity index (χ3v) is 6.57. The first kappa shape index (κ1) is 22.3. The Hall–Kier alpha value is -2.87. The summed E-state index contributed by atoms with van der Waals surface area (Å²) in [4.78, 5) is 30.2. The average Bonchev–Trinajstić information content (AvgIpc) is 3.34. The van der Waals surface area contributed by atoms with Gasteiger partial charge in [-0.15, -0.1) is 11.3 Å². The normalized spacial score (nSPS) is 14.2. The van der Waals surface area contributed by atoms with Crippen molar-refractivity contribution in [1.29, 1.82) is 0 Å². The molecule has 166 valence electrons. The van der Waals surface area contributed by atoms with Crippen molar-refractivity contribution in [2.24, 2.45) is 0 Å². The Balaban J connectivity index is 1.40. The van der Waals surface area contributed by atoms with Gasteiger partial charge >= 0.3 is 0 Å². The highest BCUT2D eigenvalue weighted by Gasteiger charge is 2.19. The second-order valence-electron chi connectivity index (χ2n) is 7.76. The van der Waals surface area contributed by atoms with Crippen LogP contribution in [-0.2, 0) is 6.54 Å². The molecule has 4 rings (SSSR count). The smallest absolute Gasteiger partial charge is 0.261 e. The molecule has 6 nitrogen and oxygen atoms in total. The summed E-state index contributed by atoms with van der Waals surface area (Å²) in [6, 6.07) is 16.5. The van der Waals surface area contributed by atoms with Gasteiger partial charge in [-0.25, -0.2) is 0 Å². The molecule has 3 aromatic rings. The molecule has 0 aliphatic carbocycles. The molecular formula is C24H25ClN4O2S. The van der Waals surface area contributed by atoms with Gasteiger partial charge in [-0.1, -0.05) is 29.8 Å². The molecule has 0 spiro atoms. The lowest BCUT2D eigenvalue weighted by Gasteiger charge is -2.35. The van der Waals surface area contributed by atoms with E-state index in [-0.39, 0.29) is 11.8 Å². The monoisotopic (exact) mass is 468 g/mol. The number of rotatable bonds is 6. The second-order valence-corrected chi connectivity index (χ2v) is 9.15. The van der Waals surface area contributed by atoms with Crippen LogP contribution < -0.4 is 15.5 Å². The average molecular weight is 469 g/mol. The van der Waals surface area contributed by atoms with Gasteiger partial charge in [0.25, 0.3) is 11.8 Å². The van der Waals surface area contributed by atoms with Crippen molar-refractivity contribution in [1.82, 2.24) is 10.2 Å². The summed E-state index contributed by atoms with van der Waals surface area (Å²) in [5.74, 6) is -0.295. The molecule has 8 heteroatoms. The lowest BCUT2D eigenvalue weighted by molar-refractivity contribution is 0.0953. The maximum absolute atomic E-state index is 12.9. The number of amides is 2. The first-order chi connectivity index (χ1) is 15.5. The third kappa shape index (κ3) is 5.48. The number of halogens is 1. The van der Waals surface area contributed by atoms with Crippen molar-refractivity contribution in [2.75, 3.05) is 43.4 Å². The van der Waals surface area contributed by atoms with Crippen molar-refractivity contribution in [3.63, 3.8) is 0 Å². The summed E-state index contributed by atoms with van der Waals surface area (Å²) in [5.41, 5.74) is 3.15. The molecule has 2 heterocycles. The van der Waals surface area contributed by atoms with Gasteiger partial charge in [0.15, 0.2) is 0 Å². The number of thiophene rings is 1. The van der Waals surface area contributed by atoms with Gasteiger partial charge in [0.2, 0.25) is 0 Å². The van der Waals surface area contributed by atoms with E-state index in [9.17, 15) is 9.59 Å². The highest BCUT2D eigenvalue weighted by Crippen LogP contribution is 2.30. The van der Waals surface area contributed by atoms with Crippen molar-refractivity contribution < 1.29 is 9.59 Å². The van der Waals surface area contributed by atoms with Crippen molar-refractivity contribution in [3.05, 3.63) is 81.0 Å². The first-order valence-electron chi connectivity index (χ1n) is 10.4. The van der Waals surface area contributed by atoms with Gasteiger partial charge in [0, 0.05) is 43.3 Å². The largest absolute Gasteiger partial charge is 0.367 e. The molecule has 2 amide bonds. The molecule has 1 aromatic heterocycles. The molecule has 1 fully saturated rings. The maximum Gasteiger partial charge on any atom is 0.261 e. The number of anilines is 2. The number of likely N-dealkylation sites (N-methyl/N-ethyl adjacent to an activating group) is 1. The van der Waals surface area contributed by atoms with Crippen molar-refractivity contribution in [3.8, 4) is 0 Å². The minimum Gasteiger partial charge on any atom is -0.367 e. The molecule has 0 saturated carbocycles. The van der Waals surface area contributed by atoms with Crippen LogP contribution in [0.2, 0.25) is 5.02 Å². The van der Waals surface area contributed by atoms with Crippen LogP contribution in [-0.4, -0.2) is 49.9 Å². The Kier molecular flexibility index (Phi) is 7.09. The fourth-order valence-electron chi connectivity index (χ4n) is 3.58. The minimum absolute atomic E-state index is 0.0980. The zero-order valence-electron chi connectivity index (χ0n) is 17.8. The van der Waals surface area contributed by atoms with E-state index >= 15 is 0 Å². The van der Waals surface area contributed by atoms with E-state index in [4.69, 9.17) is 11.6 Å². The number of benzene rings is 2. The topological polar surface area (TPSA) is 64.7 Å². The summed E-state index contributed by atoms with van der Waals surface area (Å²) in [6.07, 6.45) is 0. The van der Waals surface area contributed by atoms with Crippen LogP contribution in [0.25, 0.3) is 0 Å². The van der Waals surface area contributed by atoms with E-state index in [0.717, 1.165) is 37.4 Å². The molecule has 0 unspecified atom stereocenters. The molecule has 1 aliphatic rings. The Morgan fingerprint density at radius 1 is 1.00 bits per heavy atom. The Labute approximate surface area is 196 Å². The number of hydrogen-bond acceptors (Lipinski definition) is 5. The van der Waals surface area contributed by atoms with Crippen LogP contribution in [0.1, 0.15) is 25.6 Å². The van der Waals surface area contributed by atoms with Crippen LogP contribution in [0.15, 0.2) is 60.0 Å². The highest BCUT2D eigenvalue weighted by atomic mass is 35.5. The van der Waals surface area contributed by atoms with Crippen LogP contribution in [0.5, 0.6) is 0 Å². The molecule has 2 aromatic carbocycles. The second kappa shape index (κ2) is 10.2. The van der Waals surface area contributed by atoms with Crippen LogP contribution in [0.4, 0.5) is 11.4 Å². The maximum atomic E-state index is 12.9. The predicted molar refractivity (Wildman–Crippen MR) is 131 cm³/mol. The molecule has 0 bridgehead atoms. The van der Waals surface area contributed by atoms with E-state index in [1.807, 2.05) is 35.7 Å². The van der Waals surface area contributed by atoms with Gasteiger partial charge < -0.3 is 20.4 Å². The van der Waals surface area contributed by atoms with Gasteiger partial charge in [-0.05, 0) is 54.4 Å². The third-order valence-electron chi connectivity index (χ3n) is 5.46. The van der Waals surface area contributed by atoms with Gasteiger partial charge in [-0.3, -0.25) is 9.59 Å². The van der Waals surface area contributed by atoms with Gasteiger partial charge in [0.1, 0.15) is 0 Å². The van der Waals surface area contributed by atoms with Crippen LogP contribution in [0.3, 0.4) is 0 Å². The lowest BCUT2D eigenvalue weighted by atomic mass is 10.1. The SMILES string of the molecule is CN1CCN(c2ccc(Cl)cc2NC(=O)c2ccc(CNC(=O)c3cccs3)cc2)CC1. The number of nitrogens with one attached hydrogen (secondary N) is 2. The zero-order valence-corrected chi connectivity index (χ0v) is 19.4. The zero-order chi connectivity index (χ0) is 22.5. The summed E-state index contributed by atoms with van der Waals surface area (Å²) in [5, 5.41) is 8.36. The standard InChI is InChI=1S/C24H25ClN4O2S/c1-28-10-12-29(13-11-28)21-9-8-19(25)15-20(21)27-23(30)18-6-4-17(5-7-18)16-26-24(31)22-3-2-14-32-22/h2-9,14-15H,10-13,16H2,1H3,(H,26,31)(H,27,30). The fourth-order valence-corrected chi connectivity index (χ4v) is 4.39. The van der Waals surface area contributed by atoms with E-state index in [0.29, 0.717) is 27.7 Å². The number of carbonyl (C=O) groups excluding carboxylic acids is 2. The van der Waals surface area contributed by atoms with E-state index in [2.05, 4.69) is 27.5 Å². The summed E-state index contributed by atoms with van der Waals surface area (Å²) >= 11 is 7.62. The number of hydrogen-bond donors (Lipinski definition) is 2. The van der Waals surface area contributed by atoms with E-state index in [1.54, 1.807) is 24.3 Å². The summed E-state index contributed by atoms with van der Waals surface area (Å²) in [7, 11) is 2.11. The van der Waals surface area contributed by atoms with Crippen LogP contribution in [0, 0.1) is 0 Å². The predicted octanol–water partition coefficient (Wildman–Crippen LogP) is 4.34. The Morgan fingerprint density at radius 3 is 2.44 bits per heavy atom. The molecular weight excluding hydrogens is 444 g/mol. The van der Waals surface area contributed by atoms with Crippen molar-refractivity contribution >= 4 is 46.1 Å². The van der Waals surface area contributed by atoms with E-state index < -0.39 is 0 Å². The van der Waals surface area contributed by atoms with Crippen LogP contribution >= 0.6 is 22.9 Å². The molecule has 0 atom stereocenters. The number of nitrogens with zero attached hydrogens (tertiary/aromatic N) is 2.